The maximum atomic E-state index is 13.6. The van der Waals surface area contributed by atoms with Gasteiger partial charge in [0.15, 0.2) is 6.10 Å². The molecule has 2 heterocycles. The fraction of sp³-hybridized carbons (Fsp3) is 0.364. The van der Waals surface area contributed by atoms with Crippen molar-refractivity contribution in [2.45, 2.75) is 6.10 Å². The Hall–Kier alpha value is -2.78. The lowest BCUT2D eigenvalue weighted by atomic mass is 10.1. The number of methoxy groups -OCH3 is 2. The molecule has 0 spiro atoms. The number of para-hydroxylation sites is 2. The lowest BCUT2D eigenvalue weighted by Gasteiger charge is -2.37. The van der Waals surface area contributed by atoms with Crippen molar-refractivity contribution in [3.63, 3.8) is 0 Å². The Morgan fingerprint density at radius 2 is 1.71 bits per heavy atom. The molecule has 1 fully saturated rings. The van der Waals surface area contributed by atoms with Gasteiger partial charge in [0.05, 0.1) is 39.7 Å². The molecule has 0 unspecified atom stereocenters. The van der Waals surface area contributed by atoms with Crippen molar-refractivity contribution in [2.24, 2.45) is 0 Å². The largest absolute Gasteiger partial charge is 0.495 e. The van der Waals surface area contributed by atoms with Gasteiger partial charge in [0.25, 0.3) is 11.8 Å². The third kappa shape index (κ3) is 4.20. The molecule has 0 radical (unpaired) electrons. The summed E-state index contributed by atoms with van der Waals surface area (Å²) in [6, 6.07) is 10.5. The molecule has 0 aliphatic carbocycles. The topological polar surface area (TPSA) is 77.5 Å². The second kappa shape index (κ2) is 9.15. The van der Waals surface area contributed by atoms with Gasteiger partial charge in [0.1, 0.15) is 21.7 Å². The number of carbonyl (C=O) groups is 2. The Balaban J connectivity index is 1.68. The molecule has 0 aromatic heterocycles. The van der Waals surface area contributed by atoms with Crippen molar-refractivity contribution >= 4 is 33.4 Å². The zero-order valence-corrected chi connectivity index (χ0v) is 18.9. The van der Waals surface area contributed by atoms with Gasteiger partial charge in [-0.1, -0.05) is 12.1 Å². The molecule has 2 amide bonds. The molecule has 164 valence electrons. The maximum absolute atomic E-state index is 13.6. The van der Waals surface area contributed by atoms with Crippen molar-refractivity contribution in [1.82, 2.24) is 4.90 Å². The van der Waals surface area contributed by atoms with E-state index in [1.807, 2.05) is 12.1 Å². The zero-order valence-electron chi connectivity index (χ0n) is 17.3. The first-order chi connectivity index (χ1) is 15.0. The highest BCUT2D eigenvalue weighted by Crippen LogP contribution is 2.38. The van der Waals surface area contributed by atoms with Gasteiger partial charge < -0.3 is 28.7 Å². The van der Waals surface area contributed by atoms with Crippen LogP contribution in [-0.2, 0) is 9.53 Å². The molecule has 2 aliphatic heterocycles. The SMILES string of the molecule is COc1cc(C(=O)N2C[C@@H](C(=O)N3CCOCC3)Oc3ccccc32)cc(OC)c1Br. The van der Waals surface area contributed by atoms with Crippen LogP contribution in [0.4, 0.5) is 5.69 Å². The fourth-order valence-corrected chi connectivity index (χ4v) is 4.24. The average Bonchev–Trinajstić information content (AvgIpc) is 2.83. The first-order valence-corrected chi connectivity index (χ1v) is 10.7. The third-order valence-corrected chi connectivity index (χ3v) is 6.09. The van der Waals surface area contributed by atoms with Crippen molar-refractivity contribution in [3.05, 3.63) is 46.4 Å². The van der Waals surface area contributed by atoms with Crippen LogP contribution in [0, 0.1) is 0 Å². The van der Waals surface area contributed by atoms with E-state index in [0.29, 0.717) is 59.3 Å². The van der Waals surface area contributed by atoms with Crippen LogP contribution in [0.3, 0.4) is 0 Å². The smallest absolute Gasteiger partial charge is 0.265 e. The quantitative estimate of drug-likeness (QED) is 0.655. The number of benzene rings is 2. The summed E-state index contributed by atoms with van der Waals surface area (Å²) >= 11 is 3.42. The molecule has 1 atom stereocenters. The highest BCUT2D eigenvalue weighted by Gasteiger charge is 2.37. The molecule has 0 N–H and O–H groups in total. The second-order valence-electron chi connectivity index (χ2n) is 7.12. The van der Waals surface area contributed by atoms with Gasteiger partial charge in [-0.2, -0.15) is 0 Å². The molecule has 8 nitrogen and oxygen atoms in total. The summed E-state index contributed by atoms with van der Waals surface area (Å²) in [7, 11) is 3.05. The minimum absolute atomic E-state index is 0.104. The Morgan fingerprint density at radius 1 is 1.06 bits per heavy atom. The summed E-state index contributed by atoms with van der Waals surface area (Å²) in [5, 5.41) is 0. The number of carbonyl (C=O) groups excluding carboxylic acids is 2. The maximum Gasteiger partial charge on any atom is 0.265 e. The van der Waals surface area contributed by atoms with E-state index in [0.717, 1.165) is 0 Å². The molecule has 2 aromatic rings. The number of fused-ring (bicyclic) bond motifs is 1. The van der Waals surface area contributed by atoms with E-state index in [1.54, 1.807) is 34.1 Å². The van der Waals surface area contributed by atoms with E-state index in [4.69, 9.17) is 18.9 Å². The number of morpholine rings is 1. The molecule has 4 rings (SSSR count). The normalized spacial score (nSPS) is 18.1. The standard InChI is InChI=1S/C22H23BrN2O6/c1-28-17-11-14(12-18(29-2)20(17)23)21(26)25-13-19(22(27)24-7-9-30-10-8-24)31-16-6-4-3-5-15(16)25/h3-6,11-12,19H,7-10,13H2,1-2H3/t19-/m0/s1. The number of hydrogen-bond acceptors (Lipinski definition) is 6. The number of nitrogens with zero attached hydrogens (tertiary/aromatic N) is 2. The van der Waals surface area contributed by atoms with E-state index in [9.17, 15) is 9.59 Å². The summed E-state index contributed by atoms with van der Waals surface area (Å²) < 4.78 is 22.7. The molecule has 2 aliphatic rings. The number of hydrogen-bond donors (Lipinski definition) is 0. The summed E-state index contributed by atoms with van der Waals surface area (Å²) in [4.78, 5) is 29.9. The first kappa shape index (κ1) is 21.5. The van der Waals surface area contributed by atoms with Gasteiger partial charge in [-0.05, 0) is 40.2 Å². The van der Waals surface area contributed by atoms with Crippen LogP contribution in [0.2, 0.25) is 0 Å². The Bertz CT molecular complexity index is 967. The monoisotopic (exact) mass is 490 g/mol. The van der Waals surface area contributed by atoms with Gasteiger partial charge in [0.2, 0.25) is 0 Å². The Labute approximate surface area is 188 Å². The number of amides is 2. The van der Waals surface area contributed by atoms with Crippen LogP contribution in [0.5, 0.6) is 17.2 Å². The molecule has 1 saturated heterocycles. The second-order valence-corrected chi connectivity index (χ2v) is 7.92. The van der Waals surface area contributed by atoms with Crippen LogP contribution in [0.25, 0.3) is 0 Å². The van der Waals surface area contributed by atoms with Crippen LogP contribution < -0.4 is 19.1 Å². The highest BCUT2D eigenvalue weighted by molar-refractivity contribution is 9.10. The van der Waals surface area contributed by atoms with Crippen LogP contribution >= 0.6 is 15.9 Å². The minimum atomic E-state index is -0.795. The van der Waals surface area contributed by atoms with E-state index >= 15 is 0 Å². The molecule has 2 aromatic carbocycles. The van der Waals surface area contributed by atoms with Crippen molar-refractivity contribution < 1.29 is 28.5 Å². The van der Waals surface area contributed by atoms with Gasteiger partial charge >= 0.3 is 0 Å². The molecule has 0 bridgehead atoms. The molecular weight excluding hydrogens is 468 g/mol. The van der Waals surface area contributed by atoms with Gasteiger partial charge in [-0.25, -0.2) is 0 Å². The third-order valence-electron chi connectivity index (χ3n) is 5.31. The predicted molar refractivity (Wildman–Crippen MR) is 117 cm³/mol. The number of anilines is 1. The van der Waals surface area contributed by atoms with Crippen LogP contribution in [0.15, 0.2) is 40.9 Å². The lowest BCUT2D eigenvalue weighted by Crippen LogP contribution is -2.54. The molecule has 0 saturated carbocycles. The van der Waals surface area contributed by atoms with E-state index in [2.05, 4.69) is 15.9 Å². The number of rotatable bonds is 4. The van der Waals surface area contributed by atoms with Crippen molar-refractivity contribution in [1.29, 1.82) is 0 Å². The summed E-state index contributed by atoms with van der Waals surface area (Å²) in [5.74, 6) is 1.02. The van der Waals surface area contributed by atoms with E-state index in [-0.39, 0.29) is 18.4 Å². The first-order valence-electron chi connectivity index (χ1n) is 9.89. The van der Waals surface area contributed by atoms with Crippen molar-refractivity contribution in [2.75, 3.05) is 52.0 Å². The molecule has 9 heteroatoms. The summed E-state index contributed by atoms with van der Waals surface area (Å²) in [6.45, 7) is 2.11. The van der Waals surface area contributed by atoms with E-state index in [1.165, 1.54) is 14.2 Å². The number of halogens is 1. The van der Waals surface area contributed by atoms with Gasteiger partial charge in [-0.15, -0.1) is 0 Å². The number of ether oxygens (including phenoxy) is 4. The van der Waals surface area contributed by atoms with E-state index < -0.39 is 6.10 Å². The zero-order chi connectivity index (χ0) is 22.0. The van der Waals surface area contributed by atoms with Crippen molar-refractivity contribution in [3.8, 4) is 17.2 Å². The Morgan fingerprint density at radius 3 is 2.35 bits per heavy atom. The van der Waals surface area contributed by atoms with Crippen LogP contribution in [-0.4, -0.2) is 69.9 Å². The Kier molecular flexibility index (Phi) is 6.33. The summed E-state index contributed by atoms with van der Waals surface area (Å²) in [6.07, 6.45) is -0.795. The van der Waals surface area contributed by atoms with Gasteiger partial charge in [-0.3, -0.25) is 9.59 Å². The summed E-state index contributed by atoms with van der Waals surface area (Å²) in [5.41, 5.74) is 0.991. The fourth-order valence-electron chi connectivity index (χ4n) is 3.69. The molecule has 31 heavy (non-hydrogen) atoms. The minimum Gasteiger partial charge on any atom is -0.495 e. The lowest BCUT2D eigenvalue weighted by molar-refractivity contribution is -0.142. The highest BCUT2D eigenvalue weighted by atomic mass is 79.9. The van der Waals surface area contributed by atoms with Gasteiger partial charge in [0, 0.05) is 18.7 Å². The predicted octanol–water partition coefficient (Wildman–Crippen LogP) is 2.73. The molecular formula is C22H23BrN2O6. The van der Waals surface area contributed by atoms with Crippen LogP contribution in [0.1, 0.15) is 10.4 Å². The average molecular weight is 491 g/mol.